The maximum atomic E-state index is 5.63. The van der Waals surface area contributed by atoms with Crippen LogP contribution in [0, 0.1) is 0 Å². The number of hydrogen-bond acceptors (Lipinski definition) is 4. The van der Waals surface area contributed by atoms with Crippen molar-refractivity contribution in [3.63, 3.8) is 0 Å². The summed E-state index contributed by atoms with van der Waals surface area (Å²) >= 11 is 0. The molecule has 0 N–H and O–H groups in total. The highest BCUT2D eigenvalue weighted by Crippen LogP contribution is 2.18. The van der Waals surface area contributed by atoms with Gasteiger partial charge in [0.15, 0.2) is 6.29 Å². The van der Waals surface area contributed by atoms with Crippen molar-refractivity contribution in [3.8, 4) is 11.5 Å². The number of benzene rings is 1. The molecule has 0 fully saturated rings. The van der Waals surface area contributed by atoms with E-state index in [1.807, 2.05) is 38.1 Å². The molecule has 0 aliphatic heterocycles. The van der Waals surface area contributed by atoms with Gasteiger partial charge in [-0.3, -0.25) is 0 Å². The summed E-state index contributed by atoms with van der Waals surface area (Å²) < 4.78 is 22.0. The maximum Gasteiger partial charge on any atom is 0.191 e. The molecule has 4 heteroatoms. The Labute approximate surface area is 115 Å². The molecule has 0 aromatic heterocycles. The predicted molar refractivity (Wildman–Crippen MR) is 74.8 cm³/mol. The first-order chi connectivity index (χ1) is 9.30. The lowest BCUT2D eigenvalue weighted by molar-refractivity contribution is -0.152. The fraction of sp³-hybridized carbons (Fsp3) is 0.600. The van der Waals surface area contributed by atoms with E-state index in [1.54, 1.807) is 0 Å². The lowest BCUT2D eigenvalue weighted by Gasteiger charge is -2.17. The van der Waals surface area contributed by atoms with Crippen LogP contribution in [0.4, 0.5) is 0 Å². The summed E-state index contributed by atoms with van der Waals surface area (Å²) in [6, 6.07) is 7.59. The monoisotopic (exact) mass is 268 g/mol. The fourth-order valence-corrected chi connectivity index (χ4v) is 1.53. The zero-order chi connectivity index (χ0) is 13.9. The largest absolute Gasteiger partial charge is 0.494 e. The second-order valence-electron chi connectivity index (χ2n) is 3.97. The number of rotatable bonds is 10. The molecule has 0 saturated carbocycles. The predicted octanol–water partition coefficient (Wildman–Crippen LogP) is 3.25. The minimum absolute atomic E-state index is 0.314. The minimum Gasteiger partial charge on any atom is -0.494 e. The molecule has 0 spiro atoms. The molecule has 1 rings (SSSR count). The van der Waals surface area contributed by atoms with Crippen molar-refractivity contribution in [2.45, 2.75) is 33.5 Å². The quantitative estimate of drug-likeness (QED) is 0.610. The SMILES string of the molecule is CCCOc1ccc(OCC(OCC)OCC)cc1. The van der Waals surface area contributed by atoms with Crippen LogP contribution < -0.4 is 9.47 Å². The first kappa shape index (κ1) is 15.8. The van der Waals surface area contributed by atoms with Crippen LogP contribution in [0.1, 0.15) is 27.2 Å². The first-order valence-corrected chi connectivity index (χ1v) is 6.89. The van der Waals surface area contributed by atoms with Crippen molar-refractivity contribution in [2.75, 3.05) is 26.4 Å². The summed E-state index contributed by atoms with van der Waals surface area (Å²) in [5, 5.41) is 0. The highest BCUT2D eigenvalue weighted by molar-refractivity contribution is 5.31. The molecule has 108 valence electrons. The molecular weight excluding hydrogens is 244 g/mol. The van der Waals surface area contributed by atoms with Crippen molar-refractivity contribution in [1.29, 1.82) is 0 Å². The van der Waals surface area contributed by atoms with Crippen LogP contribution in [0.3, 0.4) is 0 Å². The zero-order valence-electron chi connectivity index (χ0n) is 12.1. The van der Waals surface area contributed by atoms with E-state index in [-0.39, 0.29) is 6.29 Å². The van der Waals surface area contributed by atoms with Crippen molar-refractivity contribution in [2.24, 2.45) is 0 Å². The maximum absolute atomic E-state index is 5.63. The third-order valence-corrected chi connectivity index (χ3v) is 2.39. The second-order valence-corrected chi connectivity index (χ2v) is 3.97. The molecule has 1 aromatic carbocycles. The topological polar surface area (TPSA) is 36.9 Å². The molecule has 0 bridgehead atoms. The van der Waals surface area contributed by atoms with Gasteiger partial charge in [0.1, 0.15) is 18.1 Å². The molecule has 0 atom stereocenters. The lowest BCUT2D eigenvalue weighted by Crippen LogP contribution is -2.25. The van der Waals surface area contributed by atoms with E-state index < -0.39 is 0 Å². The van der Waals surface area contributed by atoms with Gasteiger partial charge in [-0.05, 0) is 44.5 Å². The van der Waals surface area contributed by atoms with E-state index in [4.69, 9.17) is 18.9 Å². The summed E-state index contributed by atoms with van der Waals surface area (Å²) in [6.07, 6.45) is 0.689. The van der Waals surface area contributed by atoms with Crippen LogP contribution >= 0.6 is 0 Å². The van der Waals surface area contributed by atoms with Gasteiger partial charge in [-0.2, -0.15) is 0 Å². The minimum atomic E-state index is -0.314. The van der Waals surface area contributed by atoms with Crippen LogP contribution in [0.2, 0.25) is 0 Å². The Morgan fingerprint density at radius 3 is 1.84 bits per heavy atom. The summed E-state index contributed by atoms with van der Waals surface area (Å²) in [6.45, 7) is 8.29. The molecule has 19 heavy (non-hydrogen) atoms. The Bertz CT molecular complexity index is 317. The smallest absolute Gasteiger partial charge is 0.191 e. The van der Waals surface area contributed by atoms with Gasteiger partial charge in [-0.1, -0.05) is 6.92 Å². The van der Waals surface area contributed by atoms with Crippen LogP contribution in [-0.4, -0.2) is 32.7 Å². The molecule has 0 unspecified atom stereocenters. The highest BCUT2D eigenvalue weighted by atomic mass is 16.7. The van der Waals surface area contributed by atoms with Crippen LogP contribution in [0.25, 0.3) is 0 Å². The Hall–Kier alpha value is -1.26. The number of hydrogen-bond donors (Lipinski definition) is 0. The van der Waals surface area contributed by atoms with Crippen molar-refractivity contribution < 1.29 is 18.9 Å². The van der Waals surface area contributed by atoms with Gasteiger partial charge in [-0.15, -0.1) is 0 Å². The Kier molecular flexibility index (Phi) is 8.02. The van der Waals surface area contributed by atoms with Gasteiger partial charge in [-0.25, -0.2) is 0 Å². The Balaban J connectivity index is 2.39. The summed E-state index contributed by atoms with van der Waals surface area (Å²) in [4.78, 5) is 0. The molecule has 0 heterocycles. The normalized spacial score (nSPS) is 10.7. The molecule has 0 saturated heterocycles. The molecule has 4 nitrogen and oxygen atoms in total. The molecule has 0 aliphatic rings. The third-order valence-electron chi connectivity index (χ3n) is 2.39. The average Bonchev–Trinajstić information content (AvgIpc) is 2.44. The summed E-state index contributed by atoms with van der Waals surface area (Å²) in [7, 11) is 0. The van der Waals surface area contributed by atoms with E-state index >= 15 is 0 Å². The molecule has 1 aromatic rings. The third kappa shape index (κ3) is 6.45. The van der Waals surface area contributed by atoms with Gasteiger partial charge in [0, 0.05) is 13.2 Å². The zero-order valence-corrected chi connectivity index (χ0v) is 12.1. The first-order valence-electron chi connectivity index (χ1n) is 6.89. The average molecular weight is 268 g/mol. The van der Waals surface area contributed by atoms with E-state index in [1.165, 1.54) is 0 Å². The summed E-state index contributed by atoms with van der Waals surface area (Å²) in [5.74, 6) is 1.65. The van der Waals surface area contributed by atoms with E-state index in [9.17, 15) is 0 Å². The van der Waals surface area contributed by atoms with Crippen molar-refractivity contribution in [1.82, 2.24) is 0 Å². The number of ether oxygens (including phenoxy) is 4. The van der Waals surface area contributed by atoms with E-state index in [0.29, 0.717) is 19.8 Å². The summed E-state index contributed by atoms with van der Waals surface area (Å²) in [5.41, 5.74) is 0. The van der Waals surface area contributed by atoms with E-state index in [2.05, 4.69) is 6.92 Å². The van der Waals surface area contributed by atoms with Gasteiger partial charge >= 0.3 is 0 Å². The molecule has 0 amide bonds. The van der Waals surface area contributed by atoms with Crippen molar-refractivity contribution in [3.05, 3.63) is 24.3 Å². The molecule has 0 radical (unpaired) electrons. The second kappa shape index (κ2) is 9.64. The molecule has 0 aliphatic carbocycles. The van der Waals surface area contributed by atoms with E-state index in [0.717, 1.165) is 24.5 Å². The highest BCUT2D eigenvalue weighted by Gasteiger charge is 2.08. The fourth-order valence-electron chi connectivity index (χ4n) is 1.53. The Morgan fingerprint density at radius 2 is 1.37 bits per heavy atom. The van der Waals surface area contributed by atoms with Gasteiger partial charge in [0.05, 0.1) is 6.61 Å². The van der Waals surface area contributed by atoms with Gasteiger partial charge in [0.25, 0.3) is 0 Å². The van der Waals surface area contributed by atoms with Gasteiger partial charge < -0.3 is 18.9 Å². The Morgan fingerprint density at radius 1 is 0.842 bits per heavy atom. The van der Waals surface area contributed by atoms with Crippen LogP contribution in [0.5, 0.6) is 11.5 Å². The molecular formula is C15H24O4. The van der Waals surface area contributed by atoms with Crippen LogP contribution in [-0.2, 0) is 9.47 Å². The standard InChI is InChI=1S/C15H24O4/c1-4-11-18-13-7-9-14(10-8-13)19-12-15(16-5-2)17-6-3/h7-10,15H,4-6,11-12H2,1-3H3. The lowest BCUT2D eigenvalue weighted by atomic mass is 10.3. The van der Waals surface area contributed by atoms with Crippen LogP contribution in [0.15, 0.2) is 24.3 Å². The van der Waals surface area contributed by atoms with Gasteiger partial charge in [0.2, 0.25) is 0 Å². The van der Waals surface area contributed by atoms with Crippen molar-refractivity contribution >= 4 is 0 Å².